The van der Waals surface area contributed by atoms with Gasteiger partial charge in [0, 0.05) is 12.1 Å². The molecular formula is C11H19N. The molecule has 2 bridgehead atoms. The maximum Gasteiger partial charge on any atom is 0.0156 e. The Morgan fingerprint density at radius 2 is 2.17 bits per heavy atom. The number of rotatable bonds is 0. The molecule has 0 aromatic heterocycles. The zero-order valence-electron chi connectivity index (χ0n) is 8.21. The SMILES string of the molecule is CC1C2CCC1(C)C1CCCN21. The normalized spacial score (nSPS) is 58.0. The fourth-order valence-corrected chi connectivity index (χ4v) is 4.19. The molecule has 0 N–H and O–H groups in total. The third-order valence-electron chi connectivity index (χ3n) is 5.08. The van der Waals surface area contributed by atoms with Crippen LogP contribution in [0.4, 0.5) is 0 Å². The minimum absolute atomic E-state index is 0.696. The topological polar surface area (TPSA) is 3.24 Å². The predicted molar refractivity (Wildman–Crippen MR) is 50.0 cm³/mol. The number of hydrogen-bond donors (Lipinski definition) is 0. The molecule has 0 spiro atoms. The molecule has 68 valence electrons. The van der Waals surface area contributed by atoms with Crippen LogP contribution in [0.2, 0.25) is 0 Å². The Morgan fingerprint density at radius 1 is 1.33 bits per heavy atom. The molecule has 3 fully saturated rings. The average Bonchev–Trinajstić information content (AvgIpc) is 2.64. The second-order valence-corrected chi connectivity index (χ2v) is 5.30. The molecule has 0 amide bonds. The Bertz CT molecular complexity index is 213. The highest BCUT2D eigenvalue weighted by atomic mass is 15.3. The van der Waals surface area contributed by atoms with Gasteiger partial charge in [0.05, 0.1) is 0 Å². The van der Waals surface area contributed by atoms with Crippen molar-refractivity contribution in [3.8, 4) is 0 Å². The highest BCUT2D eigenvalue weighted by Gasteiger charge is 2.59. The van der Waals surface area contributed by atoms with Gasteiger partial charge >= 0.3 is 0 Å². The number of piperidine rings is 1. The molecule has 3 rings (SSSR count). The molecule has 1 heteroatoms. The summed E-state index contributed by atoms with van der Waals surface area (Å²) in [4.78, 5) is 2.81. The summed E-state index contributed by atoms with van der Waals surface area (Å²) in [5, 5.41) is 0. The third-order valence-corrected chi connectivity index (χ3v) is 5.08. The molecule has 2 aliphatic heterocycles. The molecule has 0 aromatic carbocycles. The number of nitrogens with zero attached hydrogens (tertiary/aromatic N) is 1. The summed E-state index contributed by atoms with van der Waals surface area (Å²) in [6.07, 6.45) is 5.93. The summed E-state index contributed by atoms with van der Waals surface area (Å²) in [5.74, 6) is 0.975. The Morgan fingerprint density at radius 3 is 2.92 bits per heavy atom. The van der Waals surface area contributed by atoms with Crippen molar-refractivity contribution in [3.05, 3.63) is 0 Å². The fourth-order valence-electron chi connectivity index (χ4n) is 4.19. The van der Waals surface area contributed by atoms with Crippen LogP contribution in [0.25, 0.3) is 0 Å². The molecule has 4 atom stereocenters. The first kappa shape index (κ1) is 7.37. The molecule has 4 unspecified atom stereocenters. The van der Waals surface area contributed by atoms with E-state index in [1.54, 1.807) is 0 Å². The molecular weight excluding hydrogens is 146 g/mol. The van der Waals surface area contributed by atoms with Crippen molar-refractivity contribution in [2.45, 2.75) is 51.6 Å². The van der Waals surface area contributed by atoms with Crippen LogP contribution in [0.5, 0.6) is 0 Å². The van der Waals surface area contributed by atoms with Crippen LogP contribution in [0.15, 0.2) is 0 Å². The van der Waals surface area contributed by atoms with Crippen LogP contribution in [0, 0.1) is 11.3 Å². The van der Waals surface area contributed by atoms with E-state index in [1.165, 1.54) is 32.2 Å². The molecule has 1 aliphatic carbocycles. The first-order valence-electron chi connectivity index (χ1n) is 5.49. The Labute approximate surface area is 75.1 Å². The van der Waals surface area contributed by atoms with E-state index in [0.29, 0.717) is 5.41 Å². The average molecular weight is 165 g/mol. The zero-order valence-corrected chi connectivity index (χ0v) is 8.21. The van der Waals surface area contributed by atoms with Gasteiger partial charge in [-0.15, -0.1) is 0 Å². The van der Waals surface area contributed by atoms with Gasteiger partial charge in [0.1, 0.15) is 0 Å². The Hall–Kier alpha value is -0.0400. The summed E-state index contributed by atoms with van der Waals surface area (Å²) >= 11 is 0. The Balaban J connectivity index is 2.01. The van der Waals surface area contributed by atoms with Gasteiger partial charge in [-0.1, -0.05) is 13.8 Å². The summed E-state index contributed by atoms with van der Waals surface area (Å²) in [6.45, 7) is 6.42. The standard InChI is InChI=1S/C11H19N/c1-8-9-5-6-11(8,2)10-4-3-7-12(9)10/h8-10H,3-7H2,1-2H3. The van der Waals surface area contributed by atoms with Crippen LogP contribution in [-0.4, -0.2) is 23.5 Å². The summed E-state index contributed by atoms with van der Waals surface area (Å²) in [7, 11) is 0. The van der Waals surface area contributed by atoms with Gasteiger partial charge in [-0.05, 0) is 43.6 Å². The summed E-state index contributed by atoms with van der Waals surface area (Å²) in [5.41, 5.74) is 0.696. The van der Waals surface area contributed by atoms with Crippen molar-refractivity contribution < 1.29 is 0 Å². The maximum atomic E-state index is 2.81. The molecule has 1 nitrogen and oxygen atoms in total. The van der Waals surface area contributed by atoms with E-state index in [2.05, 4.69) is 18.7 Å². The van der Waals surface area contributed by atoms with Gasteiger partial charge in [-0.25, -0.2) is 0 Å². The van der Waals surface area contributed by atoms with E-state index in [4.69, 9.17) is 0 Å². The first-order valence-corrected chi connectivity index (χ1v) is 5.49. The van der Waals surface area contributed by atoms with Crippen LogP contribution >= 0.6 is 0 Å². The van der Waals surface area contributed by atoms with Gasteiger partial charge in [0.2, 0.25) is 0 Å². The molecule has 2 saturated heterocycles. The lowest BCUT2D eigenvalue weighted by atomic mass is 9.76. The molecule has 0 aromatic rings. The lowest BCUT2D eigenvalue weighted by Gasteiger charge is -2.35. The van der Waals surface area contributed by atoms with E-state index in [0.717, 1.165) is 18.0 Å². The van der Waals surface area contributed by atoms with Gasteiger partial charge < -0.3 is 0 Å². The molecule has 0 radical (unpaired) electrons. The number of hydrogen-bond acceptors (Lipinski definition) is 1. The van der Waals surface area contributed by atoms with Crippen LogP contribution in [-0.2, 0) is 0 Å². The minimum atomic E-state index is 0.696. The van der Waals surface area contributed by atoms with Crippen molar-refractivity contribution in [2.24, 2.45) is 11.3 Å². The van der Waals surface area contributed by atoms with Gasteiger partial charge in [0.15, 0.2) is 0 Å². The van der Waals surface area contributed by atoms with Crippen molar-refractivity contribution in [1.29, 1.82) is 0 Å². The smallest absolute Gasteiger partial charge is 0.0156 e. The highest BCUT2D eigenvalue weighted by Crippen LogP contribution is 2.58. The van der Waals surface area contributed by atoms with Crippen LogP contribution in [0.1, 0.15) is 39.5 Å². The van der Waals surface area contributed by atoms with E-state index in [9.17, 15) is 0 Å². The van der Waals surface area contributed by atoms with Crippen LogP contribution in [0.3, 0.4) is 0 Å². The van der Waals surface area contributed by atoms with Gasteiger partial charge in [0.25, 0.3) is 0 Å². The molecule has 12 heavy (non-hydrogen) atoms. The van der Waals surface area contributed by atoms with Crippen molar-refractivity contribution in [3.63, 3.8) is 0 Å². The van der Waals surface area contributed by atoms with E-state index in [1.807, 2.05) is 0 Å². The predicted octanol–water partition coefficient (Wildman–Crippen LogP) is 2.27. The zero-order chi connectivity index (χ0) is 8.34. The third kappa shape index (κ3) is 0.618. The van der Waals surface area contributed by atoms with Crippen LogP contribution < -0.4 is 0 Å². The monoisotopic (exact) mass is 165 g/mol. The lowest BCUT2D eigenvalue weighted by molar-refractivity contribution is 0.136. The largest absolute Gasteiger partial charge is 0.297 e. The minimum Gasteiger partial charge on any atom is -0.297 e. The molecule has 3 aliphatic rings. The lowest BCUT2D eigenvalue weighted by Crippen LogP contribution is -2.39. The van der Waals surface area contributed by atoms with Gasteiger partial charge in [-0.2, -0.15) is 0 Å². The first-order chi connectivity index (χ1) is 5.73. The molecule has 2 heterocycles. The summed E-state index contributed by atoms with van der Waals surface area (Å²) < 4.78 is 0. The van der Waals surface area contributed by atoms with Crippen molar-refractivity contribution in [1.82, 2.24) is 4.90 Å². The van der Waals surface area contributed by atoms with Crippen molar-refractivity contribution >= 4 is 0 Å². The maximum absolute atomic E-state index is 2.81. The van der Waals surface area contributed by atoms with Crippen molar-refractivity contribution in [2.75, 3.05) is 6.54 Å². The quantitative estimate of drug-likeness (QED) is 0.532. The second kappa shape index (κ2) is 2.06. The van der Waals surface area contributed by atoms with E-state index >= 15 is 0 Å². The second-order valence-electron chi connectivity index (χ2n) is 5.30. The van der Waals surface area contributed by atoms with E-state index < -0.39 is 0 Å². The highest BCUT2D eigenvalue weighted by molar-refractivity contribution is 5.12. The Kier molecular flexibility index (Phi) is 1.27. The number of fused-ring (bicyclic) bond motifs is 5. The van der Waals surface area contributed by atoms with Gasteiger partial charge in [-0.3, -0.25) is 4.90 Å². The van der Waals surface area contributed by atoms with E-state index in [-0.39, 0.29) is 0 Å². The molecule has 1 saturated carbocycles. The summed E-state index contributed by atoms with van der Waals surface area (Å²) in [6, 6.07) is 1.92. The fraction of sp³-hybridized carbons (Fsp3) is 1.00.